The number of anilines is 2. The molecule has 0 amide bonds. The molecule has 0 unspecified atom stereocenters. The Morgan fingerprint density at radius 2 is 1.86 bits per heavy atom. The van der Waals surface area contributed by atoms with Crippen LogP contribution in [0.25, 0.3) is 0 Å². The van der Waals surface area contributed by atoms with E-state index in [0.29, 0.717) is 5.92 Å². The van der Waals surface area contributed by atoms with Crippen LogP contribution in [0.1, 0.15) is 25.0 Å². The maximum absolute atomic E-state index is 4.27. The second-order valence-electron chi connectivity index (χ2n) is 5.92. The summed E-state index contributed by atoms with van der Waals surface area (Å²) in [7, 11) is 2.10. The van der Waals surface area contributed by atoms with Gasteiger partial charge in [-0.1, -0.05) is 31.5 Å². The van der Waals surface area contributed by atoms with E-state index in [1.807, 2.05) is 12.4 Å². The first-order valence-corrected chi connectivity index (χ1v) is 7.52. The van der Waals surface area contributed by atoms with E-state index in [0.717, 1.165) is 13.1 Å². The van der Waals surface area contributed by atoms with Crippen LogP contribution in [0.3, 0.4) is 0 Å². The number of hydrogen-bond donors (Lipinski definition) is 1. The Kier molecular flexibility index (Phi) is 5.34. The zero-order chi connectivity index (χ0) is 15.2. The van der Waals surface area contributed by atoms with Gasteiger partial charge in [0.15, 0.2) is 0 Å². The molecular weight excluding hydrogens is 258 g/mol. The van der Waals surface area contributed by atoms with Gasteiger partial charge in [0.1, 0.15) is 0 Å². The Morgan fingerprint density at radius 3 is 2.52 bits per heavy atom. The minimum absolute atomic E-state index is 0.653. The van der Waals surface area contributed by atoms with Crippen molar-refractivity contribution in [2.24, 2.45) is 5.92 Å². The number of rotatable bonds is 6. The maximum atomic E-state index is 4.27. The molecule has 0 aliphatic carbocycles. The average Bonchev–Trinajstić information content (AvgIpc) is 2.47. The third-order valence-electron chi connectivity index (χ3n) is 3.53. The quantitative estimate of drug-likeness (QED) is 0.871. The highest BCUT2D eigenvalue weighted by Gasteiger charge is 2.09. The van der Waals surface area contributed by atoms with Crippen molar-refractivity contribution < 1.29 is 0 Å². The summed E-state index contributed by atoms with van der Waals surface area (Å²) in [5.41, 5.74) is 4.89. The van der Waals surface area contributed by atoms with E-state index in [1.165, 1.54) is 22.5 Å². The molecule has 2 rings (SSSR count). The average molecular weight is 283 g/mol. The van der Waals surface area contributed by atoms with Crippen LogP contribution in [-0.2, 0) is 6.54 Å². The molecule has 2 aromatic rings. The number of aromatic nitrogens is 1. The van der Waals surface area contributed by atoms with E-state index < -0.39 is 0 Å². The van der Waals surface area contributed by atoms with E-state index in [2.05, 4.69) is 73.4 Å². The van der Waals surface area contributed by atoms with E-state index in [-0.39, 0.29) is 0 Å². The summed E-state index contributed by atoms with van der Waals surface area (Å²) in [6.07, 6.45) is 3.80. The SMILES string of the molecule is Cc1ccc(N(C)c2ccncc2CNCC(C)C)cc1. The third kappa shape index (κ3) is 4.30. The van der Waals surface area contributed by atoms with Gasteiger partial charge in [0, 0.05) is 42.9 Å². The van der Waals surface area contributed by atoms with Crippen molar-refractivity contribution in [2.75, 3.05) is 18.5 Å². The smallest absolute Gasteiger partial charge is 0.0484 e. The van der Waals surface area contributed by atoms with Crippen molar-refractivity contribution in [1.29, 1.82) is 0 Å². The highest BCUT2D eigenvalue weighted by molar-refractivity contribution is 5.65. The predicted molar refractivity (Wildman–Crippen MR) is 90.0 cm³/mol. The summed E-state index contributed by atoms with van der Waals surface area (Å²) in [6, 6.07) is 10.7. The van der Waals surface area contributed by atoms with Gasteiger partial charge in [-0.15, -0.1) is 0 Å². The van der Waals surface area contributed by atoms with E-state index in [1.54, 1.807) is 0 Å². The van der Waals surface area contributed by atoms with Crippen LogP contribution in [0.5, 0.6) is 0 Å². The van der Waals surface area contributed by atoms with Crippen molar-refractivity contribution in [3.63, 3.8) is 0 Å². The van der Waals surface area contributed by atoms with E-state index in [4.69, 9.17) is 0 Å². The zero-order valence-electron chi connectivity index (χ0n) is 13.4. The first-order chi connectivity index (χ1) is 10.1. The fraction of sp³-hybridized carbons (Fsp3) is 0.389. The lowest BCUT2D eigenvalue weighted by Gasteiger charge is -2.23. The monoisotopic (exact) mass is 283 g/mol. The Morgan fingerprint density at radius 1 is 1.14 bits per heavy atom. The van der Waals surface area contributed by atoms with Crippen molar-refractivity contribution in [3.8, 4) is 0 Å². The van der Waals surface area contributed by atoms with Crippen LogP contribution >= 0.6 is 0 Å². The van der Waals surface area contributed by atoms with Gasteiger partial charge in [-0.05, 0) is 37.6 Å². The highest BCUT2D eigenvalue weighted by Crippen LogP contribution is 2.26. The van der Waals surface area contributed by atoms with Gasteiger partial charge in [0.05, 0.1) is 0 Å². The molecule has 0 fully saturated rings. The molecular formula is C18H25N3. The number of hydrogen-bond acceptors (Lipinski definition) is 3. The van der Waals surface area contributed by atoms with Gasteiger partial charge >= 0.3 is 0 Å². The molecule has 21 heavy (non-hydrogen) atoms. The molecule has 0 bridgehead atoms. The van der Waals surface area contributed by atoms with Crippen molar-refractivity contribution >= 4 is 11.4 Å². The van der Waals surface area contributed by atoms with Crippen LogP contribution in [0.15, 0.2) is 42.7 Å². The second-order valence-corrected chi connectivity index (χ2v) is 5.92. The topological polar surface area (TPSA) is 28.2 Å². The Balaban J connectivity index is 2.16. The van der Waals surface area contributed by atoms with Crippen molar-refractivity contribution in [2.45, 2.75) is 27.3 Å². The molecule has 3 heteroatoms. The summed E-state index contributed by atoms with van der Waals surface area (Å²) in [6.45, 7) is 8.41. The number of nitrogens with zero attached hydrogens (tertiary/aromatic N) is 2. The minimum Gasteiger partial charge on any atom is -0.344 e. The van der Waals surface area contributed by atoms with Gasteiger partial charge < -0.3 is 10.2 Å². The summed E-state index contributed by atoms with van der Waals surface area (Å²) in [5, 5.41) is 3.49. The van der Waals surface area contributed by atoms with Crippen LogP contribution < -0.4 is 10.2 Å². The molecule has 0 atom stereocenters. The molecule has 1 aromatic carbocycles. The molecule has 0 saturated heterocycles. The fourth-order valence-electron chi connectivity index (χ4n) is 2.29. The molecule has 0 aliphatic rings. The van der Waals surface area contributed by atoms with Crippen LogP contribution in [0, 0.1) is 12.8 Å². The van der Waals surface area contributed by atoms with Crippen LogP contribution in [0.4, 0.5) is 11.4 Å². The van der Waals surface area contributed by atoms with Gasteiger partial charge in [-0.3, -0.25) is 4.98 Å². The predicted octanol–water partition coefficient (Wildman–Crippen LogP) is 3.90. The largest absolute Gasteiger partial charge is 0.344 e. The lowest BCUT2D eigenvalue weighted by molar-refractivity contribution is 0.552. The molecule has 0 radical (unpaired) electrons. The number of pyridine rings is 1. The molecule has 112 valence electrons. The Bertz CT molecular complexity index is 561. The lowest BCUT2D eigenvalue weighted by atomic mass is 10.1. The number of nitrogens with one attached hydrogen (secondary N) is 1. The molecule has 1 heterocycles. The first kappa shape index (κ1) is 15.5. The maximum Gasteiger partial charge on any atom is 0.0484 e. The lowest BCUT2D eigenvalue weighted by Crippen LogP contribution is -2.21. The zero-order valence-corrected chi connectivity index (χ0v) is 13.4. The van der Waals surface area contributed by atoms with Crippen molar-refractivity contribution in [1.82, 2.24) is 10.3 Å². The number of aryl methyl sites for hydroxylation is 1. The van der Waals surface area contributed by atoms with Crippen LogP contribution in [-0.4, -0.2) is 18.6 Å². The number of benzene rings is 1. The fourth-order valence-corrected chi connectivity index (χ4v) is 2.29. The van der Waals surface area contributed by atoms with E-state index >= 15 is 0 Å². The summed E-state index contributed by atoms with van der Waals surface area (Å²) in [4.78, 5) is 6.48. The Hall–Kier alpha value is -1.87. The summed E-state index contributed by atoms with van der Waals surface area (Å²) in [5.74, 6) is 0.653. The van der Waals surface area contributed by atoms with Gasteiger partial charge in [-0.2, -0.15) is 0 Å². The molecule has 0 spiro atoms. The van der Waals surface area contributed by atoms with Gasteiger partial charge in [-0.25, -0.2) is 0 Å². The normalized spacial score (nSPS) is 10.9. The Labute approximate surface area is 128 Å². The molecule has 0 aliphatic heterocycles. The summed E-state index contributed by atoms with van der Waals surface area (Å²) >= 11 is 0. The highest BCUT2D eigenvalue weighted by atomic mass is 15.1. The van der Waals surface area contributed by atoms with E-state index in [9.17, 15) is 0 Å². The molecule has 1 aromatic heterocycles. The standard InChI is InChI=1S/C18H25N3/c1-14(2)11-20-13-16-12-19-10-9-18(16)21(4)17-7-5-15(3)6-8-17/h5-10,12,14,20H,11,13H2,1-4H3. The molecule has 3 nitrogen and oxygen atoms in total. The third-order valence-corrected chi connectivity index (χ3v) is 3.53. The van der Waals surface area contributed by atoms with Gasteiger partial charge in [0.2, 0.25) is 0 Å². The second kappa shape index (κ2) is 7.23. The van der Waals surface area contributed by atoms with Gasteiger partial charge in [0.25, 0.3) is 0 Å². The first-order valence-electron chi connectivity index (χ1n) is 7.52. The summed E-state index contributed by atoms with van der Waals surface area (Å²) < 4.78 is 0. The molecule has 1 N–H and O–H groups in total. The molecule has 0 saturated carbocycles. The minimum atomic E-state index is 0.653. The van der Waals surface area contributed by atoms with Crippen LogP contribution in [0.2, 0.25) is 0 Å². The van der Waals surface area contributed by atoms with Crippen molar-refractivity contribution in [3.05, 3.63) is 53.9 Å².